The molecule has 0 atom stereocenters. The summed E-state index contributed by atoms with van der Waals surface area (Å²) in [5, 5.41) is 0. The number of carbonyl (C=O) groups is 1. The molecule has 0 N–H and O–H groups in total. The quantitative estimate of drug-likeness (QED) is 0.362. The molecule has 3 heteroatoms. The molecule has 0 aliphatic carbocycles. The van der Waals surface area contributed by atoms with Crippen molar-refractivity contribution in [3.05, 3.63) is 29.8 Å². The summed E-state index contributed by atoms with van der Waals surface area (Å²) in [6.07, 6.45) is 8.43. The van der Waals surface area contributed by atoms with Gasteiger partial charge in [0.25, 0.3) is 0 Å². The molecule has 0 spiro atoms. The molecule has 1 aromatic carbocycles. The molecular weight excluding hydrogens is 290 g/mol. The highest BCUT2D eigenvalue weighted by molar-refractivity contribution is 7.99. The number of piperidine rings is 1. The van der Waals surface area contributed by atoms with Crippen molar-refractivity contribution in [2.24, 2.45) is 0 Å². The Bertz CT molecular complexity index is 437. The second kappa shape index (κ2) is 10.1. The SMILES string of the molecule is CCCCCSc1ccc(C(=O)CCN2CCCCC2)cc1. The zero-order chi connectivity index (χ0) is 15.6. The van der Waals surface area contributed by atoms with Crippen molar-refractivity contribution < 1.29 is 4.79 Å². The number of Topliss-reactive ketones (excluding diaryl/α,β-unsaturated/α-hetero) is 1. The fourth-order valence-electron chi connectivity index (χ4n) is 2.87. The number of likely N-dealkylation sites (tertiary alicyclic amines) is 1. The van der Waals surface area contributed by atoms with Crippen molar-refractivity contribution in [2.75, 3.05) is 25.4 Å². The lowest BCUT2D eigenvalue weighted by atomic mass is 10.1. The minimum Gasteiger partial charge on any atom is -0.303 e. The predicted molar refractivity (Wildman–Crippen MR) is 95.9 cm³/mol. The minimum atomic E-state index is 0.285. The standard InChI is InChI=1S/C19H29NOS/c1-2-3-7-16-22-18-10-8-17(9-11-18)19(21)12-15-20-13-5-4-6-14-20/h8-11H,2-7,12-16H2,1H3. The van der Waals surface area contributed by atoms with E-state index in [1.165, 1.54) is 62.3 Å². The van der Waals surface area contributed by atoms with Gasteiger partial charge in [-0.2, -0.15) is 0 Å². The molecule has 1 aliphatic rings. The largest absolute Gasteiger partial charge is 0.303 e. The van der Waals surface area contributed by atoms with Gasteiger partial charge in [0.15, 0.2) is 5.78 Å². The number of unbranched alkanes of at least 4 members (excludes halogenated alkanes) is 2. The molecule has 1 heterocycles. The Hall–Kier alpha value is -0.800. The van der Waals surface area contributed by atoms with E-state index in [4.69, 9.17) is 0 Å². The fraction of sp³-hybridized carbons (Fsp3) is 0.632. The number of carbonyl (C=O) groups excluding carboxylic acids is 1. The molecule has 1 aromatic rings. The van der Waals surface area contributed by atoms with Crippen LogP contribution in [0.4, 0.5) is 0 Å². The van der Waals surface area contributed by atoms with Crippen molar-refractivity contribution in [1.29, 1.82) is 0 Å². The summed E-state index contributed by atoms with van der Waals surface area (Å²) in [7, 11) is 0. The Balaban J connectivity index is 1.73. The molecule has 1 saturated heterocycles. The van der Waals surface area contributed by atoms with E-state index in [9.17, 15) is 4.79 Å². The summed E-state index contributed by atoms with van der Waals surface area (Å²) < 4.78 is 0. The van der Waals surface area contributed by atoms with Crippen LogP contribution in [0.15, 0.2) is 29.2 Å². The molecule has 0 unspecified atom stereocenters. The van der Waals surface area contributed by atoms with E-state index < -0.39 is 0 Å². The highest BCUT2D eigenvalue weighted by atomic mass is 32.2. The van der Waals surface area contributed by atoms with Crippen LogP contribution in [-0.2, 0) is 0 Å². The first-order chi connectivity index (χ1) is 10.8. The van der Waals surface area contributed by atoms with E-state index >= 15 is 0 Å². The third-order valence-electron chi connectivity index (χ3n) is 4.30. The van der Waals surface area contributed by atoms with Gasteiger partial charge in [-0.1, -0.05) is 38.3 Å². The summed E-state index contributed by atoms with van der Waals surface area (Å²) in [5.41, 5.74) is 0.870. The van der Waals surface area contributed by atoms with Crippen molar-refractivity contribution in [3.63, 3.8) is 0 Å². The van der Waals surface area contributed by atoms with Crippen molar-refractivity contribution in [1.82, 2.24) is 4.90 Å². The third-order valence-corrected chi connectivity index (χ3v) is 5.39. The van der Waals surface area contributed by atoms with Gasteiger partial charge in [-0.15, -0.1) is 11.8 Å². The third kappa shape index (κ3) is 6.13. The van der Waals surface area contributed by atoms with Gasteiger partial charge >= 0.3 is 0 Å². The highest BCUT2D eigenvalue weighted by Gasteiger charge is 2.12. The second-order valence-corrected chi connectivity index (χ2v) is 7.32. The number of rotatable bonds is 9. The Morgan fingerprint density at radius 3 is 2.50 bits per heavy atom. The van der Waals surface area contributed by atoms with E-state index in [0.29, 0.717) is 6.42 Å². The van der Waals surface area contributed by atoms with Crippen LogP contribution in [-0.4, -0.2) is 36.1 Å². The number of hydrogen-bond acceptors (Lipinski definition) is 3. The lowest BCUT2D eigenvalue weighted by molar-refractivity contribution is 0.0958. The Morgan fingerprint density at radius 2 is 1.82 bits per heavy atom. The molecule has 0 bridgehead atoms. The maximum absolute atomic E-state index is 12.3. The molecule has 0 aromatic heterocycles. The van der Waals surface area contributed by atoms with Crippen molar-refractivity contribution in [3.8, 4) is 0 Å². The average molecular weight is 320 g/mol. The average Bonchev–Trinajstić information content (AvgIpc) is 2.58. The van der Waals surface area contributed by atoms with Gasteiger partial charge in [-0.05, 0) is 50.2 Å². The first-order valence-electron chi connectivity index (χ1n) is 8.78. The molecule has 1 aliphatic heterocycles. The van der Waals surface area contributed by atoms with Crippen LogP contribution < -0.4 is 0 Å². The topological polar surface area (TPSA) is 20.3 Å². The van der Waals surface area contributed by atoms with Crippen LogP contribution in [0.25, 0.3) is 0 Å². The monoisotopic (exact) mass is 319 g/mol. The lowest BCUT2D eigenvalue weighted by Crippen LogP contribution is -2.31. The van der Waals surface area contributed by atoms with Gasteiger partial charge in [0.1, 0.15) is 0 Å². The Kier molecular flexibility index (Phi) is 8.03. The molecule has 2 nitrogen and oxygen atoms in total. The second-order valence-electron chi connectivity index (χ2n) is 6.16. The van der Waals surface area contributed by atoms with Crippen LogP contribution in [0, 0.1) is 0 Å². The van der Waals surface area contributed by atoms with E-state index in [0.717, 1.165) is 12.1 Å². The molecule has 22 heavy (non-hydrogen) atoms. The number of benzene rings is 1. The number of ketones is 1. The summed E-state index contributed by atoms with van der Waals surface area (Å²) in [6, 6.07) is 8.21. The van der Waals surface area contributed by atoms with Crippen LogP contribution >= 0.6 is 11.8 Å². The maximum Gasteiger partial charge on any atom is 0.164 e. The maximum atomic E-state index is 12.3. The lowest BCUT2D eigenvalue weighted by Gasteiger charge is -2.25. The summed E-state index contributed by atoms with van der Waals surface area (Å²) >= 11 is 1.90. The van der Waals surface area contributed by atoms with Gasteiger partial charge in [-0.25, -0.2) is 0 Å². The van der Waals surface area contributed by atoms with E-state index in [1.807, 2.05) is 23.9 Å². The van der Waals surface area contributed by atoms with E-state index in [-0.39, 0.29) is 5.78 Å². The Labute approximate surface area is 139 Å². The molecule has 0 amide bonds. The van der Waals surface area contributed by atoms with Gasteiger partial charge in [0.05, 0.1) is 0 Å². The van der Waals surface area contributed by atoms with Gasteiger partial charge in [0.2, 0.25) is 0 Å². The van der Waals surface area contributed by atoms with E-state index in [2.05, 4.69) is 24.0 Å². The van der Waals surface area contributed by atoms with Crippen LogP contribution in [0.5, 0.6) is 0 Å². The van der Waals surface area contributed by atoms with Crippen LogP contribution in [0.2, 0.25) is 0 Å². The van der Waals surface area contributed by atoms with E-state index in [1.54, 1.807) is 0 Å². The van der Waals surface area contributed by atoms with Gasteiger partial charge < -0.3 is 4.90 Å². The molecule has 122 valence electrons. The normalized spacial score (nSPS) is 15.9. The summed E-state index contributed by atoms with van der Waals surface area (Å²) in [4.78, 5) is 16.0. The molecule has 0 saturated carbocycles. The Morgan fingerprint density at radius 1 is 1.09 bits per heavy atom. The van der Waals surface area contributed by atoms with Gasteiger partial charge in [0, 0.05) is 23.4 Å². The molecule has 0 radical (unpaired) electrons. The zero-order valence-electron chi connectivity index (χ0n) is 13.9. The first kappa shape index (κ1) is 17.6. The van der Waals surface area contributed by atoms with Gasteiger partial charge in [-0.3, -0.25) is 4.79 Å². The molecule has 1 fully saturated rings. The van der Waals surface area contributed by atoms with Crippen LogP contribution in [0.3, 0.4) is 0 Å². The minimum absolute atomic E-state index is 0.285. The number of hydrogen-bond donors (Lipinski definition) is 0. The molecular formula is C19H29NOS. The number of thioether (sulfide) groups is 1. The number of nitrogens with zero attached hydrogens (tertiary/aromatic N) is 1. The van der Waals surface area contributed by atoms with Crippen molar-refractivity contribution in [2.45, 2.75) is 56.8 Å². The predicted octanol–water partition coefficient (Wildman–Crippen LogP) is 5.03. The highest BCUT2D eigenvalue weighted by Crippen LogP contribution is 2.20. The first-order valence-corrected chi connectivity index (χ1v) is 9.76. The zero-order valence-corrected chi connectivity index (χ0v) is 14.7. The summed E-state index contributed by atoms with van der Waals surface area (Å²) in [5.74, 6) is 1.46. The summed E-state index contributed by atoms with van der Waals surface area (Å²) in [6.45, 7) is 5.49. The van der Waals surface area contributed by atoms with Crippen LogP contribution in [0.1, 0.15) is 62.2 Å². The van der Waals surface area contributed by atoms with Crippen molar-refractivity contribution >= 4 is 17.5 Å². The smallest absolute Gasteiger partial charge is 0.164 e. The molecule has 2 rings (SSSR count). The fourth-order valence-corrected chi connectivity index (χ4v) is 3.78.